The average molecular weight is 323 g/mol. The van der Waals surface area contributed by atoms with Crippen LogP contribution in [-0.4, -0.2) is 23.4 Å². The van der Waals surface area contributed by atoms with Crippen molar-refractivity contribution in [3.63, 3.8) is 0 Å². The lowest BCUT2D eigenvalue weighted by atomic mass is 10.1. The molecule has 0 atom stereocenters. The Morgan fingerprint density at radius 2 is 1.83 bits per heavy atom. The lowest BCUT2D eigenvalue weighted by molar-refractivity contribution is 0.415. The van der Waals surface area contributed by atoms with Crippen LogP contribution in [0.4, 0.5) is 0 Å². The highest BCUT2D eigenvalue weighted by Crippen LogP contribution is 2.21. The normalized spacial score (nSPS) is 11.2. The molecule has 0 aliphatic rings. The van der Waals surface area contributed by atoms with Crippen molar-refractivity contribution in [1.82, 2.24) is 15.1 Å². The highest BCUT2D eigenvalue weighted by molar-refractivity contribution is 5.84. The van der Waals surface area contributed by atoms with Crippen LogP contribution in [0.5, 0.6) is 5.75 Å². The van der Waals surface area contributed by atoms with Crippen molar-refractivity contribution in [2.75, 3.05) is 13.7 Å². The molecule has 1 aromatic heterocycles. The molecule has 0 unspecified atom stereocenters. The third-order valence-electron chi connectivity index (χ3n) is 4.65. The average Bonchev–Trinajstić information content (AvgIpc) is 2.83. The molecule has 3 aromatic rings. The Balaban J connectivity index is 1.59. The van der Waals surface area contributed by atoms with Crippen molar-refractivity contribution in [2.45, 2.75) is 26.8 Å². The van der Waals surface area contributed by atoms with Crippen LogP contribution in [0, 0.1) is 13.8 Å². The number of aryl methyl sites for hydroxylation is 2. The molecule has 1 N–H and O–H groups in total. The third kappa shape index (κ3) is 3.44. The summed E-state index contributed by atoms with van der Waals surface area (Å²) in [4.78, 5) is 0. The van der Waals surface area contributed by atoms with Gasteiger partial charge in [0.25, 0.3) is 0 Å². The predicted molar refractivity (Wildman–Crippen MR) is 98.6 cm³/mol. The van der Waals surface area contributed by atoms with Gasteiger partial charge in [-0.2, -0.15) is 5.10 Å². The summed E-state index contributed by atoms with van der Waals surface area (Å²) in [6.07, 6.45) is 1.01. The molecular weight excluding hydrogens is 298 g/mol. The van der Waals surface area contributed by atoms with Crippen LogP contribution in [0.1, 0.15) is 22.5 Å². The molecule has 4 heteroatoms. The quantitative estimate of drug-likeness (QED) is 0.705. The molecule has 0 bridgehead atoms. The van der Waals surface area contributed by atoms with Crippen molar-refractivity contribution in [1.29, 1.82) is 0 Å². The molecule has 4 nitrogen and oxygen atoms in total. The molecule has 0 aliphatic carbocycles. The van der Waals surface area contributed by atoms with Gasteiger partial charge in [-0.15, -0.1) is 0 Å². The zero-order chi connectivity index (χ0) is 17.1. The van der Waals surface area contributed by atoms with Crippen LogP contribution in [0.15, 0.2) is 36.4 Å². The Bertz CT molecular complexity index is 851. The topological polar surface area (TPSA) is 39.1 Å². The van der Waals surface area contributed by atoms with E-state index in [1.54, 1.807) is 7.11 Å². The molecule has 0 spiro atoms. The minimum atomic E-state index is 0.875. The SMILES string of the molecule is COc1ccc2cc(CNCCc3c(C)nn(C)c3C)ccc2c1. The highest BCUT2D eigenvalue weighted by atomic mass is 16.5. The van der Waals surface area contributed by atoms with Gasteiger partial charge in [-0.05, 0) is 66.9 Å². The summed E-state index contributed by atoms with van der Waals surface area (Å²) in [5, 5.41) is 10.5. The van der Waals surface area contributed by atoms with E-state index >= 15 is 0 Å². The first-order valence-corrected chi connectivity index (χ1v) is 8.35. The molecule has 0 fully saturated rings. The fourth-order valence-electron chi connectivity index (χ4n) is 3.14. The molecule has 2 aromatic carbocycles. The number of hydrogen-bond acceptors (Lipinski definition) is 3. The second-order valence-electron chi connectivity index (χ2n) is 6.25. The summed E-state index contributed by atoms with van der Waals surface area (Å²) in [6.45, 7) is 6.04. The van der Waals surface area contributed by atoms with Gasteiger partial charge < -0.3 is 10.1 Å². The van der Waals surface area contributed by atoms with Crippen LogP contribution in [-0.2, 0) is 20.0 Å². The van der Waals surface area contributed by atoms with Gasteiger partial charge in [-0.3, -0.25) is 4.68 Å². The van der Waals surface area contributed by atoms with Crippen molar-refractivity contribution in [3.05, 3.63) is 58.9 Å². The lowest BCUT2D eigenvalue weighted by Gasteiger charge is -2.08. The van der Waals surface area contributed by atoms with Crippen LogP contribution in [0.2, 0.25) is 0 Å². The smallest absolute Gasteiger partial charge is 0.119 e. The van der Waals surface area contributed by atoms with Gasteiger partial charge in [0.05, 0.1) is 12.8 Å². The van der Waals surface area contributed by atoms with Gasteiger partial charge in [-0.1, -0.05) is 18.2 Å². The molecule has 0 saturated carbocycles. The van der Waals surface area contributed by atoms with Crippen LogP contribution in [0.25, 0.3) is 10.8 Å². The second kappa shape index (κ2) is 7.05. The van der Waals surface area contributed by atoms with Crippen molar-refractivity contribution >= 4 is 10.8 Å². The van der Waals surface area contributed by atoms with Crippen LogP contribution in [0.3, 0.4) is 0 Å². The molecule has 0 aliphatic heterocycles. The van der Waals surface area contributed by atoms with Crippen molar-refractivity contribution < 1.29 is 4.74 Å². The fourth-order valence-corrected chi connectivity index (χ4v) is 3.14. The van der Waals surface area contributed by atoms with Crippen molar-refractivity contribution in [3.8, 4) is 5.75 Å². The molecule has 1 heterocycles. The molecule has 3 rings (SSSR count). The number of rotatable bonds is 6. The molecule has 0 amide bonds. The first kappa shape index (κ1) is 16.5. The standard InChI is InChI=1S/C20H25N3O/c1-14-20(15(2)23(3)22-14)9-10-21-13-16-5-6-18-12-19(24-4)8-7-17(18)11-16/h5-8,11-12,21H,9-10,13H2,1-4H3. The Morgan fingerprint density at radius 1 is 1.08 bits per heavy atom. The number of nitrogens with zero attached hydrogens (tertiary/aromatic N) is 2. The maximum absolute atomic E-state index is 5.28. The summed E-state index contributed by atoms with van der Waals surface area (Å²) >= 11 is 0. The van der Waals surface area contributed by atoms with Gasteiger partial charge >= 0.3 is 0 Å². The minimum absolute atomic E-state index is 0.875. The first-order chi connectivity index (χ1) is 11.6. The highest BCUT2D eigenvalue weighted by Gasteiger charge is 2.08. The Labute approximate surface area is 143 Å². The predicted octanol–water partition coefficient (Wildman–Crippen LogP) is 3.53. The summed E-state index contributed by atoms with van der Waals surface area (Å²) in [5.74, 6) is 0.899. The number of ether oxygens (including phenoxy) is 1. The van der Waals surface area contributed by atoms with E-state index in [2.05, 4.69) is 54.6 Å². The maximum Gasteiger partial charge on any atom is 0.119 e. The largest absolute Gasteiger partial charge is 0.497 e. The summed E-state index contributed by atoms with van der Waals surface area (Å²) in [7, 11) is 3.70. The Kier molecular flexibility index (Phi) is 4.86. The minimum Gasteiger partial charge on any atom is -0.497 e. The van der Waals surface area contributed by atoms with E-state index in [-0.39, 0.29) is 0 Å². The molecule has 0 saturated heterocycles. The number of methoxy groups -OCH3 is 1. The van der Waals surface area contributed by atoms with E-state index in [0.29, 0.717) is 0 Å². The monoisotopic (exact) mass is 323 g/mol. The van der Waals surface area contributed by atoms with Crippen molar-refractivity contribution in [2.24, 2.45) is 7.05 Å². The van der Waals surface area contributed by atoms with Gasteiger partial charge in [0.2, 0.25) is 0 Å². The van der Waals surface area contributed by atoms with E-state index in [1.807, 2.05) is 17.8 Å². The van der Waals surface area contributed by atoms with Crippen LogP contribution >= 0.6 is 0 Å². The maximum atomic E-state index is 5.28. The van der Waals surface area contributed by atoms with E-state index < -0.39 is 0 Å². The van der Waals surface area contributed by atoms with E-state index in [4.69, 9.17) is 4.74 Å². The summed E-state index contributed by atoms with van der Waals surface area (Å²) in [5.41, 5.74) is 5.05. The number of benzene rings is 2. The zero-order valence-corrected chi connectivity index (χ0v) is 14.9. The first-order valence-electron chi connectivity index (χ1n) is 8.35. The Hall–Kier alpha value is -2.33. The van der Waals surface area contributed by atoms with E-state index in [1.165, 1.54) is 27.6 Å². The number of hydrogen-bond donors (Lipinski definition) is 1. The molecule has 24 heavy (non-hydrogen) atoms. The number of fused-ring (bicyclic) bond motifs is 1. The summed E-state index contributed by atoms with van der Waals surface area (Å²) < 4.78 is 7.24. The summed E-state index contributed by atoms with van der Waals surface area (Å²) in [6, 6.07) is 12.8. The second-order valence-corrected chi connectivity index (χ2v) is 6.25. The zero-order valence-electron chi connectivity index (χ0n) is 14.9. The lowest BCUT2D eigenvalue weighted by Crippen LogP contribution is -2.17. The number of aromatic nitrogens is 2. The molecule has 0 radical (unpaired) electrons. The third-order valence-corrected chi connectivity index (χ3v) is 4.65. The fraction of sp³-hybridized carbons (Fsp3) is 0.350. The Morgan fingerprint density at radius 3 is 2.54 bits per heavy atom. The molecule has 126 valence electrons. The van der Waals surface area contributed by atoms with Gasteiger partial charge in [-0.25, -0.2) is 0 Å². The van der Waals surface area contributed by atoms with Gasteiger partial charge in [0.1, 0.15) is 5.75 Å². The van der Waals surface area contributed by atoms with E-state index in [9.17, 15) is 0 Å². The number of nitrogens with one attached hydrogen (secondary N) is 1. The van der Waals surface area contributed by atoms with E-state index in [0.717, 1.165) is 31.0 Å². The van der Waals surface area contributed by atoms with Gasteiger partial charge in [0, 0.05) is 19.3 Å². The van der Waals surface area contributed by atoms with Gasteiger partial charge in [0.15, 0.2) is 0 Å². The molecular formula is C20H25N3O. The van der Waals surface area contributed by atoms with Crippen LogP contribution < -0.4 is 10.1 Å².